The van der Waals surface area contributed by atoms with Crippen LogP contribution in [0.3, 0.4) is 0 Å². The fourth-order valence-corrected chi connectivity index (χ4v) is 4.43. The zero-order chi connectivity index (χ0) is 15.3. The second kappa shape index (κ2) is 9.36. The van der Waals surface area contributed by atoms with Gasteiger partial charge in [0.05, 0.1) is 6.04 Å². The van der Waals surface area contributed by atoms with E-state index in [2.05, 4.69) is 10.2 Å². The molecule has 1 aliphatic heterocycles. The van der Waals surface area contributed by atoms with Crippen molar-refractivity contribution in [3.63, 3.8) is 0 Å². The highest BCUT2D eigenvalue weighted by Crippen LogP contribution is 2.34. The van der Waals surface area contributed by atoms with Gasteiger partial charge in [0.1, 0.15) is 0 Å². The Hall–Kier alpha value is 0.0300. The first-order valence-electron chi connectivity index (χ1n) is 8.41. The Kier molecular flexibility index (Phi) is 8.54. The van der Waals surface area contributed by atoms with Crippen LogP contribution in [0.15, 0.2) is 0 Å². The van der Waals surface area contributed by atoms with Gasteiger partial charge in [-0.3, -0.25) is 9.69 Å². The summed E-state index contributed by atoms with van der Waals surface area (Å²) in [6, 6.07) is -0.387. The lowest BCUT2D eigenvalue weighted by molar-refractivity contribution is -0.124. The Balaban J connectivity index is 0.00000242. The molecule has 1 saturated heterocycles. The van der Waals surface area contributed by atoms with Crippen LogP contribution in [0.4, 0.5) is 0 Å². The SMILES string of the molecule is CC(C)[C@H](N)C(=O)NCC1(N2CCSCC2)CCCCC1.Cl. The standard InChI is InChI=1S/C16H31N3OS.ClH/c1-13(2)14(17)15(20)18-12-16(6-4-3-5-7-16)19-8-10-21-11-9-19;/h13-14H,3-12,17H2,1-2H3,(H,18,20);1H/t14-;/m0./s1. The highest BCUT2D eigenvalue weighted by molar-refractivity contribution is 7.99. The number of hydrogen-bond donors (Lipinski definition) is 2. The molecule has 1 saturated carbocycles. The smallest absolute Gasteiger partial charge is 0.237 e. The Morgan fingerprint density at radius 1 is 1.23 bits per heavy atom. The summed E-state index contributed by atoms with van der Waals surface area (Å²) in [7, 11) is 0. The summed E-state index contributed by atoms with van der Waals surface area (Å²) in [6.45, 7) is 7.11. The Bertz CT molecular complexity index is 342. The molecule has 0 aromatic heterocycles. The predicted octanol–water partition coefficient (Wildman–Crippen LogP) is 2.26. The third-order valence-corrected chi connectivity index (χ3v) is 6.02. The lowest BCUT2D eigenvalue weighted by atomic mass is 9.80. The van der Waals surface area contributed by atoms with Crippen LogP contribution in [0, 0.1) is 5.92 Å². The molecule has 3 N–H and O–H groups in total. The van der Waals surface area contributed by atoms with Crippen molar-refractivity contribution in [2.45, 2.75) is 57.5 Å². The van der Waals surface area contributed by atoms with E-state index in [1.807, 2.05) is 25.6 Å². The number of hydrogen-bond acceptors (Lipinski definition) is 4. The number of halogens is 1. The zero-order valence-electron chi connectivity index (χ0n) is 14.0. The van der Waals surface area contributed by atoms with Crippen LogP contribution in [-0.4, -0.2) is 53.5 Å². The van der Waals surface area contributed by atoms with Crippen molar-refractivity contribution in [3.05, 3.63) is 0 Å². The molecule has 2 rings (SSSR count). The van der Waals surface area contributed by atoms with Gasteiger partial charge in [0.2, 0.25) is 5.91 Å². The molecule has 0 aromatic rings. The molecule has 2 fully saturated rings. The number of carbonyl (C=O) groups is 1. The Morgan fingerprint density at radius 2 is 1.82 bits per heavy atom. The van der Waals surface area contributed by atoms with Crippen molar-refractivity contribution in [2.75, 3.05) is 31.1 Å². The van der Waals surface area contributed by atoms with Crippen LogP contribution >= 0.6 is 24.2 Å². The lowest BCUT2D eigenvalue weighted by Crippen LogP contribution is -2.60. The van der Waals surface area contributed by atoms with E-state index in [-0.39, 0.29) is 35.8 Å². The third kappa shape index (κ3) is 5.02. The normalized spacial score (nSPS) is 23.6. The van der Waals surface area contributed by atoms with Gasteiger partial charge in [-0.05, 0) is 18.8 Å². The Morgan fingerprint density at radius 3 is 2.36 bits per heavy atom. The lowest BCUT2D eigenvalue weighted by Gasteiger charge is -2.48. The van der Waals surface area contributed by atoms with E-state index in [1.165, 1.54) is 43.6 Å². The van der Waals surface area contributed by atoms with E-state index in [9.17, 15) is 4.79 Å². The van der Waals surface area contributed by atoms with E-state index < -0.39 is 0 Å². The molecule has 2 aliphatic rings. The molecule has 0 aromatic carbocycles. The quantitative estimate of drug-likeness (QED) is 0.799. The summed E-state index contributed by atoms with van der Waals surface area (Å²) in [5.74, 6) is 2.66. The number of rotatable bonds is 5. The number of nitrogens with two attached hydrogens (primary N) is 1. The second-order valence-corrected chi connectivity index (χ2v) is 8.10. The van der Waals surface area contributed by atoms with Gasteiger partial charge in [-0.1, -0.05) is 33.1 Å². The number of nitrogens with one attached hydrogen (secondary N) is 1. The molecule has 0 spiro atoms. The van der Waals surface area contributed by atoms with Crippen molar-refractivity contribution in [1.29, 1.82) is 0 Å². The molecule has 0 bridgehead atoms. The van der Waals surface area contributed by atoms with E-state index in [0.29, 0.717) is 0 Å². The van der Waals surface area contributed by atoms with Gasteiger partial charge in [-0.15, -0.1) is 12.4 Å². The fourth-order valence-electron chi connectivity index (χ4n) is 3.52. The summed E-state index contributed by atoms with van der Waals surface area (Å²) in [6.07, 6.45) is 6.35. The maximum Gasteiger partial charge on any atom is 0.237 e. The summed E-state index contributed by atoms with van der Waals surface area (Å²) >= 11 is 2.05. The molecule has 1 amide bonds. The first-order valence-corrected chi connectivity index (χ1v) is 9.57. The van der Waals surface area contributed by atoms with E-state index in [1.54, 1.807) is 0 Å². The van der Waals surface area contributed by atoms with Crippen LogP contribution in [-0.2, 0) is 4.79 Å². The van der Waals surface area contributed by atoms with Gasteiger partial charge >= 0.3 is 0 Å². The number of amides is 1. The monoisotopic (exact) mass is 349 g/mol. The van der Waals surface area contributed by atoms with Crippen LogP contribution in [0.2, 0.25) is 0 Å². The summed E-state index contributed by atoms with van der Waals surface area (Å²) in [4.78, 5) is 14.8. The fraction of sp³-hybridized carbons (Fsp3) is 0.938. The van der Waals surface area contributed by atoms with Crippen LogP contribution < -0.4 is 11.1 Å². The van der Waals surface area contributed by atoms with Gasteiger partial charge < -0.3 is 11.1 Å². The van der Waals surface area contributed by atoms with E-state index >= 15 is 0 Å². The predicted molar refractivity (Wildman–Crippen MR) is 97.8 cm³/mol. The zero-order valence-corrected chi connectivity index (χ0v) is 15.6. The average molecular weight is 350 g/mol. The minimum Gasteiger partial charge on any atom is -0.353 e. The van der Waals surface area contributed by atoms with Crippen LogP contribution in [0.5, 0.6) is 0 Å². The topological polar surface area (TPSA) is 58.4 Å². The third-order valence-electron chi connectivity index (χ3n) is 5.08. The van der Waals surface area contributed by atoms with Gasteiger partial charge in [-0.25, -0.2) is 0 Å². The molecule has 1 heterocycles. The number of thioether (sulfide) groups is 1. The van der Waals surface area contributed by atoms with Crippen molar-refractivity contribution < 1.29 is 4.79 Å². The largest absolute Gasteiger partial charge is 0.353 e. The van der Waals surface area contributed by atoms with Gasteiger partial charge in [0.25, 0.3) is 0 Å². The summed E-state index contributed by atoms with van der Waals surface area (Å²) in [5.41, 5.74) is 6.15. The second-order valence-electron chi connectivity index (χ2n) is 6.87. The van der Waals surface area contributed by atoms with E-state index in [0.717, 1.165) is 19.6 Å². The van der Waals surface area contributed by atoms with Gasteiger partial charge in [0.15, 0.2) is 0 Å². The summed E-state index contributed by atoms with van der Waals surface area (Å²) < 4.78 is 0. The molecule has 1 atom stereocenters. The molecule has 130 valence electrons. The van der Waals surface area contributed by atoms with Crippen LogP contribution in [0.1, 0.15) is 46.0 Å². The highest BCUT2D eigenvalue weighted by Gasteiger charge is 2.39. The number of carbonyl (C=O) groups excluding carboxylic acids is 1. The average Bonchev–Trinajstić information content (AvgIpc) is 2.53. The highest BCUT2D eigenvalue weighted by atomic mass is 35.5. The minimum absolute atomic E-state index is 0. The Labute approximate surface area is 145 Å². The van der Waals surface area contributed by atoms with E-state index in [4.69, 9.17) is 5.73 Å². The first-order chi connectivity index (χ1) is 10.1. The molecule has 4 nitrogen and oxygen atoms in total. The molecule has 1 aliphatic carbocycles. The summed E-state index contributed by atoms with van der Waals surface area (Å²) in [5, 5.41) is 3.16. The minimum atomic E-state index is -0.387. The molecule has 0 unspecified atom stereocenters. The van der Waals surface area contributed by atoms with Crippen LogP contribution in [0.25, 0.3) is 0 Å². The molecular weight excluding hydrogens is 318 g/mol. The van der Waals surface area contributed by atoms with Crippen molar-refractivity contribution >= 4 is 30.1 Å². The first kappa shape index (κ1) is 20.1. The molecule has 6 heteroatoms. The van der Waals surface area contributed by atoms with Crippen molar-refractivity contribution in [1.82, 2.24) is 10.2 Å². The maximum absolute atomic E-state index is 12.2. The maximum atomic E-state index is 12.2. The number of nitrogens with zero attached hydrogens (tertiary/aromatic N) is 1. The molecule has 22 heavy (non-hydrogen) atoms. The van der Waals surface area contributed by atoms with Crippen molar-refractivity contribution in [2.24, 2.45) is 11.7 Å². The van der Waals surface area contributed by atoms with Crippen molar-refractivity contribution in [3.8, 4) is 0 Å². The van der Waals surface area contributed by atoms with Gasteiger partial charge in [-0.2, -0.15) is 11.8 Å². The molecule has 0 radical (unpaired) electrons. The van der Waals surface area contributed by atoms with Gasteiger partial charge in [0, 0.05) is 36.7 Å². The molecular formula is C16H32ClN3OS.